The highest BCUT2D eigenvalue weighted by atomic mass is 15.2. The van der Waals surface area contributed by atoms with Crippen molar-refractivity contribution in [3.63, 3.8) is 0 Å². The van der Waals surface area contributed by atoms with Crippen LogP contribution < -0.4 is 29.4 Å². The molecule has 0 aliphatic rings. The van der Waals surface area contributed by atoms with Crippen molar-refractivity contribution in [1.29, 1.82) is 10.5 Å². The number of hydrogen-bond acceptors (Lipinski definition) is 8. The van der Waals surface area contributed by atoms with Crippen LogP contribution in [-0.4, -0.2) is 21.1 Å². The molecule has 12 rings (SSSR count). The fourth-order valence-electron chi connectivity index (χ4n) is 10.3. The maximum Gasteiger partial charge on any atom is 0.0992 e. The van der Waals surface area contributed by atoms with Crippen molar-refractivity contribution in [2.45, 2.75) is 20.8 Å². The van der Waals surface area contributed by atoms with E-state index in [1.807, 2.05) is 80.8 Å². The van der Waals surface area contributed by atoms with Crippen LogP contribution in [0.1, 0.15) is 27.8 Å². The quantitative estimate of drug-likeness (QED) is 0.101. The van der Waals surface area contributed by atoms with Crippen molar-refractivity contribution >= 4 is 85.3 Å². The second-order valence-corrected chi connectivity index (χ2v) is 21.4. The molecule has 0 heterocycles. The van der Waals surface area contributed by atoms with E-state index in [0.717, 1.165) is 79.6 Å². The molecule has 0 saturated carbocycles. The van der Waals surface area contributed by atoms with E-state index in [-0.39, 0.29) is 0 Å². The minimum absolute atomic E-state index is 0.658. The van der Waals surface area contributed by atoms with Gasteiger partial charge in [-0.1, -0.05) is 132 Å². The first-order valence-electron chi connectivity index (χ1n) is 29.4. The van der Waals surface area contributed by atoms with Crippen molar-refractivity contribution in [3.05, 3.63) is 343 Å². The Bertz CT molecular complexity index is 4190. The van der Waals surface area contributed by atoms with Crippen LogP contribution in [0, 0.1) is 43.4 Å². The molecule has 0 spiro atoms. The molecule has 0 unspecified atom stereocenters. The normalized spacial score (nSPS) is 10.4. The number of benzene rings is 12. The van der Waals surface area contributed by atoms with Gasteiger partial charge in [0.25, 0.3) is 0 Å². The topological polar surface area (TPSA) is 67.0 Å². The molecule has 0 atom stereocenters. The van der Waals surface area contributed by atoms with Gasteiger partial charge in [0.05, 0.1) is 23.3 Å². The smallest absolute Gasteiger partial charge is 0.0992 e. The van der Waals surface area contributed by atoms with Crippen molar-refractivity contribution in [2.75, 3.05) is 50.5 Å². The molecule has 88 heavy (non-hydrogen) atoms. The fourth-order valence-corrected chi connectivity index (χ4v) is 10.3. The lowest BCUT2D eigenvalue weighted by Crippen LogP contribution is -2.12. The maximum atomic E-state index is 9.17. The summed E-state index contributed by atoms with van der Waals surface area (Å²) in [6, 6.07) is 113. The molecule has 0 saturated heterocycles. The van der Waals surface area contributed by atoms with E-state index in [4.69, 9.17) is 5.26 Å². The molecule has 0 fully saturated rings. The summed E-state index contributed by atoms with van der Waals surface area (Å²) in [5.74, 6) is 0. The molecule has 0 amide bonds. The van der Waals surface area contributed by atoms with E-state index in [0.29, 0.717) is 11.1 Å². The lowest BCUT2D eigenvalue weighted by Gasteiger charge is -2.26. The zero-order chi connectivity index (χ0) is 61.2. The number of anilines is 15. The zero-order valence-electron chi connectivity index (χ0n) is 50.6. The van der Waals surface area contributed by atoms with E-state index in [9.17, 15) is 5.26 Å². The second-order valence-electron chi connectivity index (χ2n) is 21.4. The molecule has 0 aliphatic heterocycles. The maximum absolute atomic E-state index is 9.17. The number of nitriles is 2. The summed E-state index contributed by atoms with van der Waals surface area (Å²) >= 11 is 0. The minimum atomic E-state index is 0.658. The highest BCUT2D eigenvalue weighted by Gasteiger charge is 2.17. The number of hydrogen-bond donors (Lipinski definition) is 0. The van der Waals surface area contributed by atoms with Gasteiger partial charge in [0.1, 0.15) is 0 Å². The van der Waals surface area contributed by atoms with Crippen LogP contribution >= 0.6 is 0 Å². The molecular weight excluding hydrogens is 1070 g/mol. The van der Waals surface area contributed by atoms with Gasteiger partial charge in [-0.05, 0) is 221 Å². The van der Waals surface area contributed by atoms with Gasteiger partial charge in [-0.2, -0.15) is 10.5 Å². The predicted molar refractivity (Wildman–Crippen MR) is 371 cm³/mol. The molecule has 8 heteroatoms. The summed E-state index contributed by atoms with van der Waals surface area (Å²) in [7, 11) is 6.14. The Labute approximate surface area is 519 Å². The third kappa shape index (κ3) is 14.8. The average Bonchev–Trinajstić information content (AvgIpc) is 3.67. The average molecular weight is 1140 g/mol. The number of para-hydroxylation sites is 4. The van der Waals surface area contributed by atoms with E-state index >= 15 is 0 Å². The van der Waals surface area contributed by atoms with Gasteiger partial charge >= 0.3 is 0 Å². The summed E-state index contributed by atoms with van der Waals surface area (Å²) in [5, 5.41) is 18.2. The number of aryl methyl sites for hydroxylation is 3. The molecule has 12 aromatic rings. The molecule has 0 aromatic heterocycles. The standard InChI is InChI=1S/2C27H23N3.C26H24N2/c1-21-11-13-25(14-12-21)30(24-8-4-3-5-9-24)26-17-15-23(16-18-26)29(2)27-10-6-7-22(19-27)20-28;1-21-8-12-26(13-9-21)30(25-6-4-3-5-7-25)27-18-16-24(17-19-27)29(2)23-14-10-22(20-28)11-15-23;1-21-13-15-25(16-14-21)28(24-11-7-4-8-12-24)26-19-17-23(18-20-26)27(2)22-9-5-3-6-10-22/h2*3-19H,1-2H3;3-20H,1-2H3. The first-order valence-corrected chi connectivity index (χ1v) is 29.4. The van der Waals surface area contributed by atoms with Crippen molar-refractivity contribution in [2.24, 2.45) is 0 Å². The van der Waals surface area contributed by atoms with Crippen molar-refractivity contribution in [1.82, 2.24) is 0 Å². The Hall–Kier alpha value is -11.6. The Morgan fingerprint density at radius 3 is 0.693 bits per heavy atom. The molecule has 430 valence electrons. The molecule has 8 nitrogen and oxygen atoms in total. The van der Waals surface area contributed by atoms with Gasteiger partial charge in [-0.3, -0.25) is 0 Å². The molecule has 0 radical (unpaired) electrons. The van der Waals surface area contributed by atoms with Gasteiger partial charge in [0, 0.05) is 106 Å². The van der Waals surface area contributed by atoms with Crippen LogP contribution in [0.5, 0.6) is 0 Å². The first kappa shape index (κ1) is 59.6. The Morgan fingerprint density at radius 1 is 0.205 bits per heavy atom. The van der Waals surface area contributed by atoms with Crippen molar-refractivity contribution in [3.8, 4) is 12.1 Å². The van der Waals surface area contributed by atoms with Crippen LogP contribution in [0.3, 0.4) is 0 Å². The summed E-state index contributed by atoms with van der Waals surface area (Å²) in [4.78, 5) is 13.2. The van der Waals surface area contributed by atoms with Crippen LogP contribution in [0.25, 0.3) is 0 Å². The molecular formula is C80H70N8. The summed E-state index contributed by atoms with van der Waals surface area (Å²) < 4.78 is 0. The van der Waals surface area contributed by atoms with E-state index < -0.39 is 0 Å². The highest BCUT2D eigenvalue weighted by Crippen LogP contribution is 2.40. The predicted octanol–water partition coefficient (Wildman–Crippen LogP) is 21.4. The third-order valence-electron chi connectivity index (χ3n) is 15.3. The molecule has 0 N–H and O–H groups in total. The van der Waals surface area contributed by atoms with Gasteiger partial charge in [0.2, 0.25) is 0 Å². The van der Waals surface area contributed by atoms with E-state index in [1.54, 1.807) is 0 Å². The lowest BCUT2D eigenvalue weighted by atomic mass is 10.1. The largest absolute Gasteiger partial charge is 0.345 e. The van der Waals surface area contributed by atoms with Gasteiger partial charge < -0.3 is 29.4 Å². The van der Waals surface area contributed by atoms with Crippen molar-refractivity contribution < 1.29 is 0 Å². The van der Waals surface area contributed by atoms with Crippen LogP contribution in [0.2, 0.25) is 0 Å². The highest BCUT2D eigenvalue weighted by molar-refractivity contribution is 5.81. The van der Waals surface area contributed by atoms with E-state index in [1.165, 1.54) is 22.4 Å². The zero-order valence-corrected chi connectivity index (χ0v) is 50.6. The van der Waals surface area contributed by atoms with Crippen LogP contribution in [0.4, 0.5) is 85.3 Å². The SMILES string of the molecule is Cc1ccc(N(c2ccccc2)c2ccc(N(C)c3ccc(C#N)cc3)cc2)cc1.Cc1ccc(N(c2ccccc2)c2ccc(N(C)c3cccc(C#N)c3)cc2)cc1.Cc1ccc(N(c2ccccc2)c2ccc(N(C)c3ccccc3)cc2)cc1. The fraction of sp³-hybridized carbons (Fsp3) is 0.0750. The van der Waals surface area contributed by atoms with Gasteiger partial charge in [0.15, 0.2) is 0 Å². The molecule has 0 bridgehead atoms. The number of rotatable bonds is 15. The molecule has 0 aliphatic carbocycles. The summed E-state index contributed by atoms with van der Waals surface area (Å²) in [6.07, 6.45) is 0. The lowest BCUT2D eigenvalue weighted by molar-refractivity contribution is 1.20. The summed E-state index contributed by atoms with van der Waals surface area (Å²) in [6.45, 7) is 6.32. The summed E-state index contributed by atoms with van der Waals surface area (Å²) in [5.41, 5.74) is 21.7. The Morgan fingerprint density at radius 2 is 0.409 bits per heavy atom. The van der Waals surface area contributed by atoms with E-state index in [2.05, 4.69) is 318 Å². The minimum Gasteiger partial charge on any atom is -0.345 e. The Balaban J connectivity index is 0.000000146. The van der Waals surface area contributed by atoms with Gasteiger partial charge in [-0.25, -0.2) is 0 Å². The second kappa shape index (κ2) is 28.8. The monoisotopic (exact) mass is 1140 g/mol. The number of nitrogens with zero attached hydrogens (tertiary/aromatic N) is 8. The molecule has 12 aromatic carbocycles. The van der Waals surface area contributed by atoms with Crippen LogP contribution in [0.15, 0.2) is 315 Å². The van der Waals surface area contributed by atoms with Gasteiger partial charge in [-0.15, -0.1) is 0 Å². The first-order chi connectivity index (χ1) is 43.0. The Kier molecular flexibility index (Phi) is 19.5. The van der Waals surface area contributed by atoms with Crippen LogP contribution in [-0.2, 0) is 0 Å². The third-order valence-corrected chi connectivity index (χ3v) is 15.3.